The van der Waals surface area contributed by atoms with Crippen molar-refractivity contribution in [3.63, 3.8) is 0 Å². The van der Waals surface area contributed by atoms with Crippen LogP contribution in [0.1, 0.15) is 40.0 Å². The van der Waals surface area contributed by atoms with Gasteiger partial charge >= 0.3 is 6.09 Å². The van der Waals surface area contributed by atoms with Crippen molar-refractivity contribution in [2.24, 2.45) is 10.9 Å². The van der Waals surface area contributed by atoms with Gasteiger partial charge in [-0.1, -0.05) is 0 Å². The number of nitrogens with zero attached hydrogens (tertiary/aromatic N) is 1. The van der Waals surface area contributed by atoms with Crippen LogP contribution in [0.2, 0.25) is 0 Å². The summed E-state index contributed by atoms with van der Waals surface area (Å²) in [5, 5.41) is 9.12. The molecule has 1 aliphatic carbocycles. The Morgan fingerprint density at radius 2 is 1.78 bits per heavy atom. The normalized spacial score (nSPS) is 15.2. The van der Waals surface area contributed by atoms with E-state index in [1.54, 1.807) is 7.05 Å². The number of carbonyl (C=O) groups is 1. The third-order valence-corrected chi connectivity index (χ3v) is 3.13. The van der Waals surface area contributed by atoms with Gasteiger partial charge in [0.15, 0.2) is 5.96 Å². The Morgan fingerprint density at radius 3 is 2.39 bits per heavy atom. The van der Waals surface area contributed by atoms with Crippen molar-refractivity contribution < 1.29 is 14.3 Å². The smallest absolute Gasteiger partial charge is 0.407 e. The predicted octanol–water partition coefficient (Wildman–Crippen LogP) is 1.49. The van der Waals surface area contributed by atoms with Crippen LogP contribution < -0.4 is 16.0 Å². The molecule has 0 unspecified atom stereocenters. The molecule has 7 heteroatoms. The molecule has 0 radical (unpaired) electrons. The highest BCUT2D eigenvalue weighted by Gasteiger charge is 2.20. The number of aliphatic imine (C=N–C) groups is 1. The summed E-state index contributed by atoms with van der Waals surface area (Å²) in [7, 11) is 1.74. The van der Waals surface area contributed by atoms with E-state index in [2.05, 4.69) is 20.9 Å². The molecule has 0 heterocycles. The molecule has 0 spiro atoms. The summed E-state index contributed by atoms with van der Waals surface area (Å²) in [6, 6.07) is 0. The Hall–Kier alpha value is -1.50. The first-order valence-corrected chi connectivity index (χ1v) is 8.40. The van der Waals surface area contributed by atoms with Gasteiger partial charge in [0.05, 0.1) is 6.61 Å². The van der Waals surface area contributed by atoms with Crippen molar-refractivity contribution >= 4 is 12.1 Å². The Kier molecular flexibility index (Phi) is 8.76. The number of hydrogen-bond acceptors (Lipinski definition) is 4. The molecule has 1 saturated carbocycles. The maximum Gasteiger partial charge on any atom is 0.407 e. The van der Waals surface area contributed by atoms with E-state index >= 15 is 0 Å². The standard InChI is InChI=1S/C16H32N4O3/c1-16(2,3)23-15(21)20-9-5-8-18-14(17-4)19-10-11-22-12-13-6-7-13/h13H,5-12H2,1-4H3,(H,20,21)(H2,17,18,19). The summed E-state index contributed by atoms with van der Waals surface area (Å²) >= 11 is 0. The predicted molar refractivity (Wildman–Crippen MR) is 91.8 cm³/mol. The molecule has 1 rings (SSSR count). The summed E-state index contributed by atoms with van der Waals surface area (Å²) in [6.45, 7) is 9.13. The second kappa shape index (κ2) is 10.3. The topological polar surface area (TPSA) is 84.0 Å². The molecule has 0 atom stereocenters. The second-order valence-corrected chi connectivity index (χ2v) is 6.73. The van der Waals surface area contributed by atoms with Crippen LogP contribution in [0.5, 0.6) is 0 Å². The van der Waals surface area contributed by atoms with Crippen LogP contribution in [0.25, 0.3) is 0 Å². The number of ether oxygens (including phenoxy) is 2. The van der Waals surface area contributed by atoms with Crippen molar-refractivity contribution in [2.45, 2.75) is 45.6 Å². The second-order valence-electron chi connectivity index (χ2n) is 6.73. The first-order chi connectivity index (χ1) is 10.9. The zero-order chi connectivity index (χ0) is 17.1. The first kappa shape index (κ1) is 19.5. The number of guanidine groups is 1. The average molecular weight is 328 g/mol. The van der Waals surface area contributed by atoms with E-state index in [0.29, 0.717) is 13.2 Å². The van der Waals surface area contributed by atoms with E-state index < -0.39 is 5.60 Å². The fourth-order valence-electron chi connectivity index (χ4n) is 1.80. The number of amides is 1. The van der Waals surface area contributed by atoms with E-state index in [0.717, 1.165) is 38.0 Å². The van der Waals surface area contributed by atoms with E-state index in [1.807, 2.05) is 20.8 Å². The minimum atomic E-state index is -0.462. The molecule has 0 aromatic carbocycles. The van der Waals surface area contributed by atoms with Crippen LogP contribution in [0, 0.1) is 5.92 Å². The zero-order valence-corrected chi connectivity index (χ0v) is 14.9. The number of carbonyl (C=O) groups excluding carboxylic acids is 1. The van der Waals surface area contributed by atoms with Gasteiger partial charge in [0.2, 0.25) is 0 Å². The zero-order valence-electron chi connectivity index (χ0n) is 14.9. The lowest BCUT2D eigenvalue weighted by Gasteiger charge is -2.19. The molecule has 3 N–H and O–H groups in total. The lowest BCUT2D eigenvalue weighted by molar-refractivity contribution is 0.0527. The highest BCUT2D eigenvalue weighted by molar-refractivity contribution is 5.79. The Bertz CT molecular complexity index is 376. The number of nitrogens with one attached hydrogen (secondary N) is 3. The third kappa shape index (κ3) is 11.7. The molecular weight excluding hydrogens is 296 g/mol. The Balaban J connectivity index is 1.96. The molecule has 0 aromatic heterocycles. The van der Waals surface area contributed by atoms with Gasteiger partial charge in [-0.15, -0.1) is 0 Å². The quantitative estimate of drug-likeness (QED) is 0.339. The molecule has 1 aliphatic rings. The van der Waals surface area contributed by atoms with Crippen LogP contribution in [-0.4, -0.2) is 57.5 Å². The van der Waals surface area contributed by atoms with Crippen molar-refractivity contribution in [3.8, 4) is 0 Å². The molecule has 0 bridgehead atoms. The molecule has 23 heavy (non-hydrogen) atoms. The van der Waals surface area contributed by atoms with E-state index in [-0.39, 0.29) is 6.09 Å². The van der Waals surface area contributed by atoms with Gasteiger partial charge in [-0.05, 0) is 46.0 Å². The highest BCUT2D eigenvalue weighted by Crippen LogP contribution is 2.28. The average Bonchev–Trinajstić information content (AvgIpc) is 3.26. The molecule has 1 fully saturated rings. The largest absolute Gasteiger partial charge is 0.444 e. The first-order valence-electron chi connectivity index (χ1n) is 8.40. The molecule has 0 aromatic rings. The minimum Gasteiger partial charge on any atom is -0.444 e. The van der Waals surface area contributed by atoms with Crippen LogP contribution >= 0.6 is 0 Å². The summed E-state index contributed by atoms with van der Waals surface area (Å²) < 4.78 is 10.7. The van der Waals surface area contributed by atoms with Gasteiger partial charge in [-0.3, -0.25) is 4.99 Å². The van der Waals surface area contributed by atoms with Crippen molar-refractivity contribution in [3.05, 3.63) is 0 Å². The fourth-order valence-corrected chi connectivity index (χ4v) is 1.80. The van der Waals surface area contributed by atoms with Gasteiger partial charge in [0.25, 0.3) is 0 Å². The van der Waals surface area contributed by atoms with Gasteiger partial charge in [0.1, 0.15) is 5.60 Å². The molecule has 1 amide bonds. The highest BCUT2D eigenvalue weighted by atomic mass is 16.6. The maximum atomic E-state index is 11.5. The lowest BCUT2D eigenvalue weighted by Crippen LogP contribution is -2.40. The van der Waals surface area contributed by atoms with Gasteiger partial charge in [-0.2, -0.15) is 0 Å². The summed E-state index contributed by atoms with van der Waals surface area (Å²) in [5.41, 5.74) is -0.462. The molecule has 134 valence electrons. The van der Waals surface area contributed by atoms with Gasteiger partial charge in [-0.25, -0.2) is 4.79 Å². The third-order valence-electron chi connectivity index (χ3n) is 3.13. The molecule has 7 nitrogen and oxygen atoms in total. The minimum absolute atomic E-state index is 0.382. The van der Waals surface area contributed by atoms with E-state index in [4.69, 9.17) is 9.47 Å². The monoisotopic (exact) mass is 328 g/mol. The summed E-state index contributed by atoms with van der Waals surface area (Å²) in [5.74, 6) is 1.54. The van der Waals surface area contributed by atoms with Gasteiger partial charge < -0.3 is 25.4 Å². The van der Waals surface area contributed by atoms with Crippen LogP contribution in [-0.2, 0) is 9.47 Å². The number of alkyl carbamates (subject to hydrolysis) is 1. The SMILES string of the molecule is CN=C(NCCCNC(=O)OC(C)(C)C)NCCOCC1CC1. The number of hydrogen-bond donors (Lipinski definition) is 3. The van der Waals surface area contributed by atoms with E-state index in [1.165, 1.54) is 12.8 Å². The molecule has 0 aliphatic heterocycles. The Labute approximate surface area is 139 Å². The van der Waals surface area contributed by atoms with Crippen LogP contribution in [0.4, 0.5) is 4.79 Å². The molecule has 0 saturated heterocycles. The maximum absolute atomic E-state index is 11.5. The fraction of sp³-hybridized carbons (Fsp3) is 0.875. The van der Waals surface area contributed by atoms with E-state index in [9.17, 15) is 4.79 Å². The lowest BCUT2D eigenvalue weighted by atomic mass is 10.2. The summed E-state index contributed by atoms with van der Waals surface area (Å²) in [4.78, 5) is 15.6. The number of rotatable bonds is 9. The molecular formula is C16H32N4O3. The van der Waals surface area contributed by atoms with Crippen molar-refractivity contribution in [1.29, 1.82) is 0 Å². The van der Waals surface area contributed by atoms with Crippen molar-refractivity contribution in [1.82, 2.24) is 16.0 Å². The van der Waals surface area contributed by atoms with Crippen LogP contribution in [0.3, 0.4) is 0 Å². The van der Waals surface area contributed by atoms with Crippen LogP contribution in [0.15, 0.2) is 4.99 Å². The summed E-state index contributed by atoms with van der Waals surface area (Å²) in [6.07, 6.45) is 3.04. The van der Waals surface area contributed by atoms with Gasteiger partial charge in [0, 0.05) is 33.3 Å². The van der Waals surface area contributed by atoms with Crippen molar-refractivity contribution in [2.75, 3.05) is 39.9 Å². The Morgan fingerprint density at radius 1 is 1.13 bits per heavy atom.